The summed E-state index contributed by atoms with van der Waals surface area (Å²) < 4.78 is 0. The minimum atomic E-state index is -0.640. The number of aryl methyl sites for hydroxylation is 1. The lowest BCUT2D eigenvalue weighted by Gasteiger charge is -2.07. The fourth-order valence-electron chi connectivity index (χ4n) is 1.89. The van der Waals surface area contributed by atoms with E-state index < -0.39 is 6.10 Å². The average Bonchev–Trinajstić information content (AvgIpc) is 2.35. The Bertz CT molecular complexity index is 517. The van der Waals surface area contributed by atoms with Crippen LogP contribution in [0.25, 0.3) is 10.8 Å². The van der Waals surface area contributed by atoms with E-state index in [4.69, 9.17) is 6.42 Å². The summed E-state index contributed by atoms with van der Waals surface area (Å²) >= 11 is 0. The first kappa shape index (κ1) is 10.7. The second kappa shape index (κ2) is 4.83. The summed E-state index contributed by atoms with van der Waals surface area (Å²) in [7, 11) is 0. The topological polar surface area (TPSA) is 20.2 Å². The molecule has 0 aromatic heterocycles. The molecule has 0 aliphatic carbocycles. The quantitative estimate of drug-likeness (QED) is 0.772. The van der Waals surface area contributed by atoms with Crippen molar-refractivity contribution in [2.24, 2.45) is 0 Å². The molecule has 1 N–H and O–H groups in total. The normalized spacial score (nSPS) is 12.2. The van der Waals surface area contributed by atoms with Gasteiger partial charge in [-0.25, -0.2) is 0 Å². The number of hydrogen-bond donors (Lipinski definition) is 1. The van der Waals surface area contributed by atoms with Gasteiger partial charge in [0.1, 0.15) is 6.10 Å². The zero-order chi connectivity index (χ0) is 11.4. The van der Waals surface area contributed by atoms with E-state index in [9.17, 15) is 5.11 Å². The lowest BCUT2D eigenvalue weighted by atomic mass is 10.00. The molecule has 1 unspecified atom stereocenters. The Kier molecular flexibility index (Phi) is 3.24. The highest BCUT2D eigenvalue weighted by Gasteiger charge is 2.03. The zero-order valence-corrected chi connectivity index (χ0v) is 9.06. The van der Waals surface area contributed by atoms with Crippen LogP contribution in [0, 0.1) is 12.3 Å². The SMILES string of the molecule is C#CC(O)CCc1cccc2ccccc12. The van der Waals surface area contributed by atoms with E-state index >= 15 is 0 Å². The standard InChI is InChI=1S/C15H14O/c1-2-14(16)11-10-13-8-5-7-12-6-3-4-9-15(12)13/h1,3-9,14,16H,10-11H2. The predicted molar refractivity (Wildman–Crippen MR) is 67.1 cm³/mol. The average molecular weight is 210 g/mol. The summed E-state index contributed by atoms with van der Waals surface area (Å²) in [6, 6.07) is 14.5. The van der Waals surface area contributed by atoms with E-state index in [0.717, 1.165) is 6.42 Å². The van der Waals surface area contributed by atoms with Gasteiger partial charge in [-0.3, -0.25) is 0 Å². The van der Waals surface area contributed by atoms with Gasteiger partial charge >= 0.3 is 0 Å². The number of terminal acetylenes is 1. The Hall–Kier alpha value is -1.78. The van der Waals surface area contributed by atoms with Gasteiger partial charge < -0.3 is 5.11 Å². The highest BCUT2D eigenvalue weighted by molar-refractivity contribution is 5.85. The van der Waals surface area contributed by atoms with E-state index in [1.165, 1.54) is 16.3 Å². The number of hydrogen-bond acceptors (Lipinski definition) is 1. The molecule has 0 saturated carbocycles. The van der Waals surface area contributed by atoms with E-state index in [2.05, 4.69) is 30.2 Å². The summed E-state index contributed by atoms with van der Waals surface area (Å²) in [4.78, 5) is 0. The molecule has 2 rings (SSSR count). The van der Waals surface area contributed by atoms with Gasteiger partial charge in [0.25, 0.3) is 0 Å². The number of aliphatic hydroxyl groups excluding tert-OH is 1. The Morgan fingerprint density at radius 1 is 1.12 bits per heavy atom. The minimum absolute atomic E-state index is 0.616. The van der Waals surface area contributed by atoms with Gasteiger partial charge in [-0.05, 0) is 29.2 Å². The lowest BCUT2D eigenvalue weighted by Crippen LogP contribution is -2.04. The number of fused-ring (bicyclic) bond motifs is 1. The van der Waals surface area contributed by atoms with E-state index in [-0.39, 0.29) is 0 Å². The van der Waals surface area contributed by atoms with E-state index in [1.54, 1.807) is 0 Å². The van der Waals surface area contributed by atoms with Crippen molar-refractivity contribution in [1.29, 1.82) is 0 Å². The molecular weight excluding hydrogens is 196 g/mol. The second-order valence-electron chi connectivity index (χ2n) is 3.86. The summed E-state index contributed by atoms with van der Waals surface area (Å²) in [6.45, 7) is 0. The third-order valence-corrected chi connectivity index (χ3v) is 2.76. The van der Waals surface area contributed by atoms with Gasteiger partial charge in [-0.2, -0.15) is 0 Å². The summed E-state index contributed by atoms with van der Waals surface area (Å²) in [5, 5.41) is 11.8. The molecule has 1 nitrogen and oxygen atoms in total. The maximum absolute atomic E-state index is 9.36. The molecule has 16 heavy (non-hydrogen) atoms. The first-order valence-electron chi connectivity index (χ1n) is 5.42. The molecule has 80 valence electrons. The molecule has 0 amide bonds. The monoisotopic (exact) mass is 210 g/mol. The van der Waals surface area contributed by atoms with Crippen LogP contribution in [0.1, 0.15) is 12.0 Å². The molecular formula is C15H14O. The van der Waals surface area contributed by atoms with Gasteiger partial charge in [0.05, 0.1) is 0 Å². The fourth-order valence-corrected chi connectivity index (χ4v) is 1.89. The van der Waals surface area contributed by atoms with Crippen molar-refractivity contribution in [3.8, 4) is 12.3 Å². The van der Waals surface area contributed by atoms with Crippen LogP contribution < -0.4 is 0 Å². The van der Waals surface area contributed by atoms with Gasteiger partial charge in [0.2, 0.25) is 0 Å². The molecule has 0 radical (unpaired) electrons. The molecule has 0 aliphatic rings. The summed E-state index contributed by atoms with van der Waals surface area (Å²) in [6.07, 6.45) is 5.94. The van der Waals surface area contributed by atoms with Crippen molar-refractivity contribution < 1.29 is 5.11 Å². The Balaban J connectivity index is 2.28. The molecule has 0 heterocycles. The Labute approximate surface area is 95.7 Å². The van der Waals surface area contributed by atoms with Crippen LogP contribution in [-0.4, -0.2) is 11.2 Å². The van der Waals surface area contributed by atoms with Crippen molar-refractivity contribution in [3.63, 3.8) is 0 Å². The van der Waals surface area contributed by atoms with Crippen LogP contribution in [-0.2, 0) is 6.42 Å². The minimum Gasteiger partial charge on any atom is -0.380 e. The molecule has 0 spiro atoms. The maximum Gasteiger partial charge on any atom is 0.114 e. The Morgan fingerprint density at radius 2 is 1.88 bits per heavy atom. The number of benzene rings is 2. The van der Waals surface area contributed by atoms with Gasteiger partial charge in [0.15, 0.2) is 0 Å². The third-order valence-electron chi connectivity index (χ3n) is 2.76. The van der Waals surface area contributed by atoms with Crippen molar-refractivity contribution in [2.75, 3.05) is 0 Å². The third kappa shape index (κ3) is 2.24. The van der Waals surface area contributed by atoms with Crippen LogP contribution in [0.15, 0.2) is 42.5 Å². The molecule has 2 aromatic carbocycles. The first-order valence-corrected chi connectivity index (χ1v) is 5.42. The maximum atomic E-state index is 9.36. The van der Waals surface area contributed by atoms with Crippen LogP contribution in [0.5, 0.6) is 0 Å². The van der Waals surface area contributed by atoms with Crippen molar-refractivity contribution in [1.82, 2.24) is 0 Å². The number of rotatable bonds is 3. The zero-order valence-electron chi connectivity index (χ0n) is 9.06. The van der Waals surface area contributed by atoms with Crippen molar-refractivity contribution >= 4 is 10.8 Å². The highest BCUT2D eigenvalue weighted by Crippen LogP contribution is 2.19. The predicted octanol–water partition coefficient (Wildman–Crippen LogP) is 2.77. The molecule has 0 fully saturated rings. The van der Waals surface area contributed by atoms with Gasteiger partial charge in [-0.15, -0.1) is 6.42 Å². The molecule has 0 saturated heterocycles. The smallest absolute Gasteiger partial charge is 0.114 e. The van der Waals surface area contributed by atoms with Crippen LogP contribution >= 0.6 is 0 Å². The van der Waals surface area contributed by atoms with Crippen LogP contribution in [0.4, 0.5) is 0 Å². The van der Waals surface area contributed by atoms with Crippen molar-refractivity contribution in [3.05, 3.63) is 48.0 Å². The molecule has 0 aliphatic heterocycles. The van der Waals surface area contributed by atoms with E-state index in [1.807, 2.05) is 18.2 Å². The fraction of sp³-hybridized carbons (Fsp3) is 0.200. The largest absolute Gasteiger partial charge is 0.380 e. The van der Waals surface area contributed by atoms with Gasteiger partial charge in [-0.1, -0.05) is 48.4 Å². The Morgan fingerprint density at radius 3 is 2.69 bits per heavy atom. The van der Waals surface area contributed by atoms with Gasteiger partial charge in [0, 0.05) is 0 Å². The second-order valence-corrected chi connectivity index (χ2v) is 3.86. The van der Waals surface area contributed by atoms with E-state index in [0.29, 0.717) is 6.42 Å². The van der Waals surface area contributed by atoms with Crippen molar-refractivity contribution in [2.45, 2.75) is 18.9 Å². The van der Waals surface area contributed by atoms with Crippen LogP contribution in [0.3, 0.4) is 0 Å². The summed E-state index contributed by atoms with van der Waals surface area (Å²) in [5.41, 5.74) is 1.24. The first-order chi connectivity index (χ1) is 7.81. The lowest BCUT2D eigenvalue weighted by molar-refractivity contribution is 0.222. The molecule has 1 heteroatoms. The highest BCUT2D eigenvalue weighted by atomic mass is 16.3. The van der Waals surface area contributed by atoms with Crippen LogP contribution in [0.2, 0.25) is 0 Å². The molecule has 1 atom stereocenters. The molecule has 0 bridgehead atoms. The number of aliphatic hydroxyl groups is 1. The summed E-state index contributed by atoms with van der Waals surface area (Å²) in [5.74, 6) is 2.34. The molecule has 2 aromatic rings.